The molecule has 0 rings (SSSR count). The third-order valence-corrected chi connectivity index (χ3v) is 1.99. The van der Waals surface area contributed by atoms with Gasteiger partial charge in [0.25, 0.3) is 0 Å². The van der Waals surface area contributed by atoms with Gasteiger partial charge in [-0.3, -0.25) is 4.79 Å². The van der Waals surface area contributed by atoms with Crippen LogP contribution in [0.15, 0.2) is 23.8 Å². The molecule has 0 bridgehead atoms. The number of rotatable bonds is 6. The first-order chi connectivity index (χ1) is 6.20. The molecule has 0 aromatic carbocycles. The van der Waals surface area contributed by atoms with Crippen molar-refractivity contribution in [3.05, 3.63) is 23.8 Å². The number of Topliss-reactive ketones (excluding diaryl/α,β-unsaturated/α-hetero) is 1. The first kappa shape index (κ1) is 15.6. The molecule has 0 aromatic heterocycles. The molecule has 0 fully saturated rings. The third-order valence-electron chi connectivity index (χ3n) is 1.99. The van der Waals surface area contributed by atoms with Gasteiger partial charge in [0.15, 0.2) is 0 Å². The summed E-state index contributed by atoms with van der Waals surface area (Å²) >= 11 is 0. The van der Waals surface area contributed by atoms with Gasteiger partial charge in [0, 0.05) is 12.8 Å². The van der Waals surface area contributed by atoms with Crippen LogP contribution in [-0.2, 0) is 4.79 Å². The molecule has 14 heavy (non-hydrogen) atoms. The van der Waals surface area contributed by atoms with Gasteiger partial charge in [-0.05, 0) is 26.7 Å². The lowest BCUT2D eigenvalue weighted by Gasteiger charge is -1.98. The monoisotopic (exact) mass is 198 g/mol. The normalized spacial score (nSPS) is 11.5. The zero-order valence-electron chi connectivity index (χ0n) is 9.47. The maximum absolute atomic E-state index is 11.0. The van der Waals surface area contributed by atoms with Crippen LogP contribution in [0.1, 0.15) is 46.5 Å². The van der Waals surface area contributed by atoms with E-state index in [2.05, 4.69) is 13.0 Å². The summed E-state index contributed by atoms with van der Waals surface area (Å²) in [6, 6.07) is 0. The van der Waals surface area contributed by atoms with Crippen molar-refractivity contribution in [3.63, 3.8) is 0 Å². The van der Waals surface area contributed by atoms with Crippen LogP contribution in [-0.4, -0.2) is 11.3 Å². The summed E-state index contributed by atoms with van der Waals surface area (Å²) in [4.78, 5) is 11.0. The summed E-state index contributed by atoms with van der Waals surface area (Å²) in [5, 5.41) is 0. The minimum atomic E-state index is 0. The number of hydrogen-bond acceptors (Lipinski definition) is 1. The topological polar surface area (TPSA) is 48.6 Å². The number of ketones is 1. The Balaban J connectivity index is 0. The number of allylic oxidation sites excluding steroid dienone is 4. The van der Waals surface area contributed by atoms with Crippen molar-refractivity contribution >= 4 is 5.78 Å². The second-order valence-corrected chi connectivity index (χ2v) is 3.28. The largest absolute Gasteiger partial charge is 0.412 e. The van der Waals surface area contributed by atoms with Crippen molar-refractivity contribution < 1.29 is 10.3 Å². The molecule has 0 aliphatic carbocycles. The van der Waals surface area contributed by atoms with Crippen LogP contribution in [0.25, 0.3) is 0 Å². The smallest absolute Gasteiger partial charge is 0.132 e. The molecule has 0 aliphatic rings. The molecule has 2 nitrogen and oxygen atoms in total. The van der Waals surface area contributed by atoms with Crippen molar-refractivity contribution in [2.75, 3.05) is 0 Å². The van der Waals surface area contributed by atoms with Gasteiger partial charge in [-0.1, -0.05) is 30.7 Å². The van der Waals surface area contributed by atoms with Gasteiger partial charge in [0.1, 0.15) is 5.78 Å². The van der Waals surface area contributed by atoms with E-state index < -0.39 is 0 Å². The molecule has 0 aliphatic heterocycles. The second-order valence-electron chi connectivity index (χ2n) is 3.28. The Hall–Kier alpha value is -0.890. The zero-order valence-corrected chi connectivity index (χ0v) is 9.47. The average molecular weight is 198 g/mol. The SMILES string of the molecule is C/C=C\C=C(/C)CCCC(=O)CC.O. The van der Waals surface area contributed by atoms with Gasteiger partial charge >= 0.3 is 0 Å². The van der Waals surface area contributed by atoms with Crippen LogP contribution in [0.4, 0.5) is 0 Å². The van der Waals surface area contributed by atoms with Crippen LogP contribution in [0, 0.1) is 0 Å². The summed E-state index contributed by atoms with van der Waals surface area (Å²) in [5.41, 5.74) is 1.35. The van der Waals surface area contributed by atoms with Crippen molar-refractivity contribution in [1.82, 2.24) is 0 Å². The second kappa shape index (κ2) is 10.2. The molecule has 0 atom stereocenters. The molecule has 0 saturated heterocycles. The van der Waals surface area contributed by atoms with Gasteiger partial charge in [-0.15, -0.1) is 0 Å². The fraction of sp³-hybridized carbons (Fsp3) is 0.583. The first-order valence-electron chi connectivity index (χ1n) is 5.00. The van der Waals surface area contributed by atoms with E-state index in [-0.39, 0.29) is 5.48 Å². The molecule has 0 heterocycles. The summed E-state index contributed by atoms with van der Waals surface area (Å²) in [7, 11) is 0. The highest BCUT2D eigenvalue weighted by atomic mass is 16.1. The Morgan fingerprint density at radius 2 is 1.93 bits per heavy atom. The standard InChI is InChI=1S/C12H20O.H2O/c1-4-6-8-11(3)9-7-10-12(13)5-2;/h4,6,8H,5,7,9-10H2,1-3H3;1H2/b6-4-,11-8+;. The Kier molecular flexibility index (Phi) is 11.3. The molecule has 2 heteroatoms. The fourth-order valence-electron chi connectivity index (χ4n) is 1.08. The van der Waals surface area contributed by atoms with Crippen LogP contribution in [0.5, 0.6) is 0 Å². The van der Waals surface area contributed by atoms with Crippen molar-refractivity contribution in [2.24, 2.45) is 0 Å². The molecule has 0 radical (unpaired) electrons. The minimum absolute atomic E-state index is 0. The molecule has 0 saturated carbocycles. The van der Waals surface area contributed by atoms with E-state index in [1.165, 1.54) is 5.57 Å². The molecule has 82 valence electrons. The lowest BCUT2D eigenvalue weighted by Crippen LogP contribution is -1.94. The first-order valence-corrected chi connectivity index (χ1v) is 5.00. The van der Waals surface area contributed by atoms with Gasteiger partial charge in [0.05, 0.1) is 0 Å². The maximum atomic E-state index is 11.0. The summed E-state index contributed by atoms with van der Waals surface area (Å²) in [5.74, 6) is 0.374. The molecular weight excluding hydrogens is 176 g/mol. The lowest BCUT2D eigenvalue weighted by atomic mass is 10.1. The van der Waals surface area contributed by atoms with E-state index >= 15 is 0 Å². The minimum Gasteiger partial charge on any atom is -0.412 e. The number of carbonyl (C=O) groups excluding carboxylic acids is 1. The molecule has 2 N–H and O–H groups in total. The molecule has 0 spiro atoms. The van der Waals surface area contributed by atoms with Crippen molar-refractivity contribution in [2.45, 2.75) is 46.5 Å². The number of carbonyl (C=O) groups is 1. The van der Waals surface area contributed by atoms with Gasteiger partial charge in [-0.2, -0.15) is 0 Å². The Morgan fingerprint density at radius 3 is 2.43 bits per heavy atom. The fourth-order valence-corrected chi connectivity index (χ4v) is 1.08. The van der Waals surface area contributed by atoms with Gasteiger partial charge < -0.3 is 5.48 Å². The highest BCUT2D eigenvalue weighted by molar-refractivity contribution is 5.77. The zero-order chi connectivity index (χ0) is 10.1. The quantitative estimate of drug-likeness (QED) is 0.605. The molecule has 0 unspecified atom stereocenters. The van der Waals surface area contributed by atoms with E-state index in [0.29, 0.717) is 12.2 Å². The highest BCUT2D eigenvalue weighted by Crippen LogP contribution is 2.07. The Bertz CT molecular complexity index is 202. The van der Waals surface area contributed by atoms with Gasteiger partial charge in [-0.25, -0.2) is 0 Å². The number of hydrogen-bond donors (Lipinski definition) is 0. The van der Waals surface area contributed by atoms with E-state index in [4.69, 9.17) is 0 Å². The van der Waals surface area contributed by atoms with E-state index in [1.807, 2.05) is 26.0 Å². The Morgan fingerprint density at radius 1 is 1.29 bits per heavy atom. The van der Waals surface area contributed by atoms with Crippen LogP contribution in [0.2, 0.25) is 0 Å². The Labute approximate surface area is 87.0 Å². The van der Waals surface area contributed by atoms with E-state index in [1.54, 1.807) is 0 Å². The van der Waals surface area contributed by atoms with Crippen LogP contribution < -0.4 is 0 Å². The predicted octanol–water partition coefficient (Wildman–Crippen LogP) is 2.83. The summed E-state index contributed by atoms with van der Waals surface area (Å²) < 4.78 is 0. The lowest BCUT2D eigenvalue weighted by molar-refractivity contribution is -0.118. The van der Waals surface area contributed by atoms with Crippen LogP contribution >= 0.6 is 0 Å². The van der Waals surface area contributed by atoms with E-state index in [0.717, 1.165) is 19.3 Å². The van der Waals surface area contributed by atoms with E-state index in [9.17, 15) is 4.79 Å². The maximum Gasteiger partial charge on any atom is 0.132 e. The highest BCUT2D eigenvalue weighted by Gasteiger charge is 1.97. The predicted molar refractivity (Wildman–Crippen MR) is 61.3 cm³/mol. The molecule has 0 aromatic rings. The van der Waals surface area contributed by atoms with Crippen molar-refractivity contribution in [1.29, 1.82) is 0 Å². The third kappa shape index (κ3) is 9.20. The molecular formula is C12H22O2. The summed E-state index contributed by atoms with van der Waals surface area (Å²) in [6.45, 7) is 6.03. The summed E-state index contributed by atoms with van der Waals surface area (Å²) in [6.07, 6.45) is 9.60. The van der Waals surface area contributed by atoms with Crippen LogP contribution in [0.3, 0.4) is 0 Å². The average Bonchev–Trinajstić information content (AvgIpc) is 2.14. The van der Waals surface area contributed by atoms with Crippen molar-refractivity contribution in [3.8, 4) is 0 Å². The van der Waals surface area contributed by atoms with Gasteiger partial charge in [0.2, 0.25) is 0 Å². The molecule has 0 amide bonds.